The maximum Gasteiger partial charge on any atom is 0.163 e. The summed E-state index contributed by atoms with van der Waals surface area (Å²) in [4.78, 5) is 4.80. The average Bonchev–Trinajstić information content (AvgIpc) is 2.91. The molecule has 114 valence electrons. The number of benzene rings is 2. The van der Waals surface area contributed by atoms with Gasteiger partial charge >= 0.3 is 0 Å². The van der Waals surface area contributed by atoms with Gasteiger partial charge in [-0.15, -0.1) is 10.2 Å². The van der Waals surface area contributed by atoms with Gasteiger partial charge in [0.15, 0.2) is 11.6 Å². The van der Waals surface area contributed by atoms with E-state index >= 15 is 0 Å². The molecule has 0 spiro atoms. The molecule has 1 aliphatic rings. The van der Waals surface area contributed by atoms with Crippen LogP contribution in [0.5, 0.6) is 0 Å². The van der Waals surface area contributed by atoms with E-state index in [2.05, 4.69) is 39.0 Å². The maximum absolute atomic E-state index is 5.26. The molecule has 0 bridgehead atoms. The first-order chi connectivity index (χ1) is 11.4. The van der Waals surface area contributed by atoms with Gasteiger partial charge in [-0.1, -0.05) is 48.5 Å². The van der Waals surface area contributed by atoms with E-state index in [0.29, 0.717) is 13.2 Å². The molecular formula is C18H16N4O. The monoisotopic (exact) mass is 304 g/mol. The van der Waals surface area contributed by atoms with Crippen molar-refractivity contribution in [2.24, 2.45) is 4.99 Å². The Bertz CT molecular complexity index is 868. The van der Waals surface area contributed by atoms with Crippen molar-refractivity contribution in [3.63, 3.8) is 0 Å². The Labute approximate surface area is 134 Å². The molecule has 0 unspecified atom stereocenters. The van der Waals surface area contributed by atoms with Crippen molar-refractivity contribution in [1.82, 2.24) is 14.8 Å². The van der Waals surface area contributed by atoms with Crippen molar-refractivity contribution in [2.75, 3.05) is 7.11 Å². The van der Waals surface area contributed by atoms with Crippen LogP contribution in [0.3, 0.4) is 0 Å². The minimum atomic E-state index is 0.419. The molecule has 5 heteroatoms. The fourth-order valence-corrected chi connectivity index (χ4v) is 2.90. The molecule has 3 aromatic rings. The molecule has 0 radical (unpaired) electrons. The van der Waals surface area contributed by atoms with Crippen LogP contribution < -0.4 is 0 Å². The number of fused-ring (bicyclic) bond motifs is 3. The van der Waals surface area contributed by atoms with Gasteiger partial charge in [0.2, 0.25) is 0 Å². The summed E-state index contributed by atoms with van der Waals surface area (Å²) >= 11 is 0. The van der Waals surface area contributed by atoms with E-state index in [-0.39, 0.29) is 0 Å². The van der Waals surface area contributed by atoms with E-state index in [4.69, 9.17) is 9.73 Å². The van der Waals surface area contributed by atoms with Gasteiger partial charge in [0.1, 0.15) is 13.2 Å². The van der Waals surface area contributed by atoms with Crippen molar-refractivity contribution in [3.8, 4) is 5.69 Å². The molecule has 0 aliphatic carbocycles. The van der Waals surface area contributed by atoms with Crippen molar-refractivity contribution in [3.05, 3.63) is 77.4 Å². The summed E-state index contributed by atoms with van der Waals surface area (Å²) in [5.41, 5.74) is 4.20. The van der Waals surface area contributed by atoms with Gasteiger partial charge in [-0.2, -0.15) is 0 Å². The van der Waals surface area contributed by atoms with Gasteiger partial charge in [0.05, 0.1) is 11.4 Å². The number of hydrogen-bond acceptors (Lipinski definition) is 4. The molecule has 1 aromatic heterocycles. The number of ether oxygens (including phenoxy) is 1. The average molecular weight is 304 g/mol. The highest BCUT2D eigenvalue weighted by Gasteiger charge is 2.22. The number of aromatic nitrogens is 3. The molecule has 0 saturated heterocycles. The topological polar surface area (TPSA) is 52.3 Å². The summed E-state index contributed by atoms with van der Waals surface area (Å²) in [6, 6.07) is 18.5. The summed E-state index contributed by atoms with van der Waals surface area (Å²) in [6.07, 6.45) is 0. The number of methoxy groups -OCH3 is 1. The SMILES string of the molecule is COCc1nnc2n1-c1ccccc1C(c1ccccc1)=NC2. The molecule has 4 rings (SSSR count). The molecule has 1 aliphatic heterocycles. The minimum Gasteiger partial charge on any atom is -0.377 e. The van der Waals surface area contributed by atoms with Gasteiger partial charge in [0.25, 0.3) is 0 Å². The van der Waals surface area contributed by atoms with Crippen LogP contribution in [0, 0.1) is 0 Å². The van der Waals surface area contributed by atoms with Gasteiger partial charge in [0, 0.05) is 18.2 Å². The smallest absolute Gasteiger partial charge is 0.163 e. The first-order valence-electron chi connectivity index (χ1n) is 7.50. The Kier molecular flexibility index (Phi) is 3.48. The molecule has 0 N–H and O–H groups in total. The first-order valence-corrected chi connectivity index (χ1v) is 7.50. The van der Waals surface area contributed by atoms with E-state index in [1.165, 1.54) is 0 Å². The second-order valence-corrected chi connectivity index (χ2v) is 5.35. The lowest BCUT2D eigenvalue weighted by atomic mass is 10.0. The summed E-state index contributed by atoms with van der Waals surface area (Å²) < 4.78 is 7.31. The van der Waals surface area contributed by atoms with Crippen LogP contribution in [0.4, 0.5) is 0 Å². The summed E-state index contributed by atoms with van der Waals surface area (Å²) in [7, 11) is 1.66. The number of rotatable bonds is 3. The van der Waals surface area contributed by atoms with Crippen molar-refractivity contribution >= 4 is 5.71 Å². The summed E-state index contributed by atoms with van der Waals surface area (Å²) in [5, 5.41) is 8.53. The van der Waals surface area contributed by atoms with Gasteiger partial charge < -0.3 is 4.74 Å². The number of aliphatic imine (C=N–C) groups is 1. The zero-order valence-electron chi connectivity index (χ0n) is 12.8. The van der Waals surface area contributed by atoms with Crippen LogP contribution in [-0.4, -0.2) is 27.6 Å². The second-order valence-electron chi connectivity index (χ2n) is 5.35. The molecule has 0 amide bonds. The molecule has 23 heavy (non-hydrogen) atoms. The number of nitrogens with zero attached hydrogens (tertiary/aromatic N) is 4. The Morgan fingerprint density at radius 3 is 2.61 bits per heavy atom. The maximum atomic E-state index is 5.26. The highest BCUT2D eigenvalue weighted by molar-refractivity contribution is 6.15. The third kappa shape index (κ3) is 2.35. The highest BCUT2D eigenvalue weighted by atomic mass is 16.5. The van der Waals surface area contributed by atoms with E-state index in [1.54, 1.807) is 7.11 Å². The normalized spacial score (nSPS) is 13.0. The fraction of sp³-hybridized carbons (Fsp3) is 0.167. The summed E-state index contributed by atoms with van der Waals surface area (Å²) in [6.45, 7) is 0.914. The van der Waals surface area contributed by atoms with E-state index in [9.17, 15) is 0 Å². The van der Waals surface area contributed by atoms with Crippen LogP contribution in [-0.2, 0) is 17.9 Å². The molecular weight excluding hydrogens is 288 g/mol. The molecule has 5 nitrogen and oxygen atoms in total. The Morgan fingerprint density at radius 1 is 1.00 bits per heavy atom. The Hall–Kier alpha value is -2.79. The highest BCUT2D eigenvalue weighted by Crippen LogP contribution is 2.25. The Balaban J connectivity index is 1.93. The van der Waals surface area contributed by atoms with Crippen LogP contribution in [0.1, 0.15) is 22.8 Å². The predicted molar refractivity (Wildman–Crippen MR) is 87.9 cm³/mol. The van der Waals surface area contributed by atoms with Crippen molar-refractivity contribution in [2.45, 2.75) is 13.2 Å². The van der Waals surface area contributed by atoms with Crippen LogP contribution in [0.25, 0.3) is 5.69 Å². The summed E-state index contributed by atoms with van der Waals surface area (Å²) in [5.74, 6) is 1.62. The van der Waals surface area contributed by atoms with Gasteiger partial charge in [-0.25, -0.2) is 0 Å². The molecule has 2 heterocycles. The zero-order chi connectivity index (χ0) is 15.6. The molecule has 0 saturated carbocycles. The van der Waals surface area contributed by atoms with Gasteiger partial charge in [-0.05, 0) is 6.07 Å². The lowest BCUT2D eigenvalue weighted by Crippen LogP contribution is -2.09. The number of hydrogen-bond donors (Lipinski definition) is 0. The first kappa shape index (κ1) is 13.8. The van der Waals surface area contributed by atoms with Crippen LogP contribution in [0.2, 0.25) is 0 Å². The molecule has 0 atom stereocenters. The second kappa shape index (κ2) is 5.78. The zero-order valence-corrected chi connectivity index (χ0v) is 12.8. The van der Waals surface area contributed by atoms with Crippen LogP contribution >= 0.6 is 0 Å². The molecule has 0 fully saturated rings. The van der Waals surface area contributed by atoms with E-state index in [0.717, 1.165) is 34.2 Å². The largest absolute Gasteiger partial charge is 0.377 e. The number of para-hydroxylation sites is 1. The lowest BCUT2D eigenvalue weighted by molar-refractivity contribution is 0.176. The molecule has 2 aromatic carbocycles. The van der Waals surface area contributed by atoms with Crippen molar-refractivity contribution < 1.29 is 4.74 Å². The standard InChI is InChI=1S/C18H16N4O/c1-23-12-17-21-20-16-11-19-18(13-7-3-2-4-8-13)14-9-5-6-10-15(14)22(16)17/h2-10H,11-12H2,1H3. The third-order valence-electron chi connectivity index (χ3n) is 3.90. The minimum absolute atomic E-state index is 0.419. The van der Waals surface area contributed by atoms with Crippen molar-refractivity contribution in [1.29, 1.82) is 0 Å². The fourth-order valence-electron chi connectivity index (χ4n) is 2.90. The van der Waals surface area contributed by atoms with Gasteiger partial charge in [-0.3, -0.25) is 9.56 Å². The van der Waals surface area contributed by atoms with E-state index in [1.807, 2.05) is 30.3 Å². The Morgan fingerprint density at radius 2 is 1.78 bits per heavy atom. The third-order valence-corrected chi connectivity index (χ3v) is 3.90. The lowest BCUT2D eigenvalue weighted by Gasteiger charge is -2.13. The van der Waals surface area contributed by atoms with E-state index < -0.39 is 0 Å². The quantitative estimate of drug-likeness (QED) is 0.747. The predicted octanol–water partition coefficient (Wildman–Crippen LogP) is 2.76. The van der Waals surface area contributed by atoms with Crippen LogP contribution in [0.15, 0.2) is 59.6 Å².